The summed E-state index contributed by atoms with van der Waals surface area (Å²) in [6, 6.07) is -0.467. The van der Waals surface area contributed by atoms with Gasteiger partial charge in [0.2, 0.25) is 11.8 Å². The monoisotopic (exact) mass is 294 g/mol. The van der Waals surface area contributed by atoms with Crippen molar-refractivity contribution in [3.63, 3.8) is 0 Å². The van der Waals surface area contributed by atoms with Crippen molar-refractivity contribution in [1.29, 1.82) is 0 Å². The van der Waals surface area contributed by atoms with Crippen LogP contribution >= 0.6 is 0 Å². The lowest BCUT2D eigenvalue weighted by Gasteiger charge is -2.46. The predicted octanol–water partition coefficient (Wildman–Crippen LogP) is 2.72. The highest BCUT2D eigenvalue weighted by Crippen LogP contribution is 2.32. The van der Waals surface area contributed by atoms with Crippen LogP contribution in [0.1, 0.15) is 66.2 Å². The molecule has 3 unspecified atom stereocenters. The van der Waals surface area contributed by atoms with E-state index in [0.29, 0.717) is 12.3 Å². The van der Waals surface area contributed by atoms with E-state index >= 15 is 0 Å². The van der Waals surface area contributed by atoms with E-state index in [4.69, 9.17) is 0 Å². The van der Waals surface area contributed by atoms with Crippen molar-refractivity contribution < 1.29 is 9.59 Å². The number of hydrogen-bond donors (Lipinski definition) is 1. The van der Waals surface area contributed by atoms with E-state index in [1.54, 1.807) is 0 Å². The van der Waals surface area contributed by atoms with Gasteiger partial charge in [-0.1, -0.05) is 40.0 Å². The van der Waals surface area contributed by atoms with E-state index in [0.717, 1.165) is 0 Å². The first-order valence-corrected chi connectivity index (χ1v) is 8.59. The Labute approximate surface area is 128 Å². The van der Waals surface area contributed by atoms with Crippen LogP contribution in [0, 0.1) is 11.8 Å². The van der Waals surface area contributed by atoms with Crippen molar-refractivity contribution in [3.05, 3.63) is 0 Å². The molecule has 21 heavy (non-hydrogen) atoms. The highest BCUT2D eigenvalue weighted by molar-refractivity contribution is 5.97. The van der Waals surface area contributed by atoms with Crippen LogP contribution in [0.15, 0.2) is 0 Å². The SMILES string of the molecule is CCC1C(=O)NC(C(C)C)C(=O)N1C(C)C1CCCCC1. The van der Waals surface area contributed by atoms with Gasteiger partial charge in [-0.15, -0.1) is 0 Å². The number of nitrogens with zero attached hydrogens (tertiary/aromatic N) is 1. The van der Waals surface area contributed by atoms with Crippen molar-refractivity contribution in [2.45, 2.75) is 84.3 Å². The van der Waals surface area contributed by atoms with Crippen LogP contribution in [0.2, 0.25) is 0 Å². The van der Waals surface area contributed by atoms with Crippen LogP contribution in [-0.2, 0) is 9.59 Å². The van der Waals surface area contributed by atoms with Crippen LogP contribution in [0.25, 0.3) is 0 Å². The number of amides is 2. The lowest BCUT2D eigenvalue weighted by Crippen LogP contribution is -2.67. The first-order valence-electron chi connectivity index (χ1n) is 8.59. The molecule has 1 N–H and O–H groups in total. The molecule has 2 rings (SSSR count). The summed E-state index contributed by atoms with van der Waals surface area (Å²) in [6.07, 6.45) is 6.90. The average Bonchev–Trinajstić information content (AvgIpc) is 2.48. The highest BCUT2D eigenvalue weighted by Gasteiger charge is 2.44. The molecule has 2 amide bonds. The Morgan fingerprint density at radius 2 is 1.76 bits per heavy atom. The summed E-state index contributed by atoms with van der Waals surface area (Å²) < 4.78 is 0. The van der Waals surface area contributed by atoms with Crippen LogP contribution in [0.3, 0.4) is 0 Å². The minimum Gasteiger partial charge on any atom is -0.342 e. The van der Waals surface area contributed by atoms with E-state index < -0.39 is 0 Å². The van der Waals surface area contributed by atoms with E-state index in [9.17, 15) is 9.59 Å². The summed E-state index contributed by atoms with van der Waals surface area (Å²) in [5, 5.41) is 2.92. The first kappa shape index (κ1) is 16.3. The molecule has 0 radical (unpaired) electrons. The number of carbonyl (C=O) groups excluding carboxylic acids is 2. The van der Waals surface area contributed by atoms with Gasteiger partial charge in [0.25, 0.3) is 0 Å². The maximum atomic E-state index is 12.9. The number of piperazine rings is 1. The maximum absolute atomic E-state index is 12.9. The zero-order valence-corrected chi connectivity index (χ0v) is 13.9. The molecule has 1 aliphatic carbocycles. The topological polar surface area (TPSA) is 49.4 Å². The Kier molecular flexibility index (Phi) is 5.28. The van der Waals surface area contributed by atoms with Gasteiger partial charge in [0.1, 0.15) is 12.1 Å². The Hall–Kier alpha value is -1.06. The molecule has 2 fully saturated rings. The van der Waals surface area contributed by atoms with E-state index in [1.165, 1.54) is 32.1 Å². The highest BCUT2D eigenvalue weighted by atomic mass is 16.2. The Balaban J connectivity index is 2.21. The third-order valence-corrected chi connectivity index (χ3v) is 5.28. The summed E-state index contributed by atoms with van der Waals surface area (Å²) in [4.78, 5) is 27.2. The second-order valence-electron chi connectivity index (χ2n) is 7.04. The number of hydrogen-bond acceptors (Lipinski definition) is 2. The van der Waals surface area contributed by atoms with Crippen molar-refractivity contribution >= 4 is 11.8 Å². The third-order valence-electron chi connectivity index (χ3n) is 5.28. The fraction of sp³-hybridized carbons (Fsp3) is 0.882. The molecule has 3 atom stereocenters. The molecular formula is C17H30N2O2. The first-order chi connectivity index (χ1) is 9.97. The molecule has 2 aliphatic rings. The van der Waals surface area contributed by atoms with Gasteiger partial charge < -0.3 is 10.2 Å². The lowest BCUT2D eigenvalue weighted by molar-refractivity contribution is -0.154. The molecule has 0 aromatic rings. The zero-order valence-electron chi connectivity index (χ0n) is 13.9. The van der Waals surface area contributed by atoms with Crippen molar-refractivity contribution in [2.24, 2.45) is 11.8 Å². The fourth-order valence-electron chi connectivity index (χ4n) is 3.91. The van der Waals surface area contributed by atoms with Gasteiger partial charge in [-0.25, -0.2) is 0 Å². The van der Waals surface area contributed by atoms with E-state index in [-0.39, 0.29) is 35.9 Å². The Morgan fingerprint density at radius 3 is 2.29 bits per heavy atom. The minimum absolute atomic E-state index is 0.0264. The van der Waals surface area contributed by atoms with Gasteiger partial charge in [-0.05, 0) is 38.0 Å². The van der Waals surface area contributed by atoms with Gasteiger partial charge in [0.15, 0.2) is 0 Å². The smallest absolute Gasteiger partial charge is 0.246 e. The fourth-order valence-corrected chi connectivity index (χ4v) is 3.91. The summed E-state index contributed by atoms with van der Waals surface area (Å²) in [7, 11) is 0. The summed E-state index contributed by atoms with van der Waals surface area (Å²) in [5.41, 5.74) is 0. The van der Waals surface area contributed by atoms with Gasteiger partial charge in [0, 0.05) is 6.04 Å². The van der Waals surface area contributed by atoms with Gasteiger partial charge >= 0.3 is 0 Å². The van der Waals surface area contributed by atoms with Crippen LogP contribution in [-0.4, -0.2) is 34.8 Å². The normalized spacial score (nSPS) is 29.7. The molecule has 1 heterocycles. The standard InChI is InChI=1S/C17H30N2O2/c1-5-14-16(20)18-15(11(2)3)17(21)19(14)12(4)13-9-7-6-8-10-13/h11-15H,5-10H2,1-4H3,(H,18,20). The summed E-state index contributed by atoms with van der Waals surface area (Å²) in [6.45, 7) is 8.14. The number of nitrogens with one attached hydrogen (secondary N) is 1. The second kappa shape index (κ2) is 6.80. The van der Waals surface area contributed by atoms with Crippen LogP contribution in [0.4, 0.5) is 0 Å². The molecular weight excluding hydrogens is 264 g/mol. The number of carbonyl (C=O) groups is 2. The molecule has 1 aliphatic heterocycles. The molecule has 0 bridgehead atoms. The van der Waals surface area contributed by atoms with Gasteiger partial charge in [-0.2, -0.15) is 0 Å². The second-order valence-corrected chi connectivity index (χ2v) is 7.04. The molecule has 0 aromatic heterocycles. The lowest BCUT2D eigenvalue weighted by atomic mass is 9.82. The average molecular weight is 294 g/mol. The van der Waals surface area contributed by atoms with Crippen molar-refractivity contribution in [1.82, 2.24) is 10.2 Å². The summed E-state index contributed by atoms with van der Waals surface area (Å²) in [5.74, 6) is 0.837. The van der Waals surface area contributed by atoms with Gasteiger partial charge in [-0.3, -0.25) is 9.59 Å². The Morgan fingerprint density at radius 1 is 1.14 bits per heavy atom. The van der Waals surface area contributed by atoms with Crippen LogP contribution < -0.4 is 5.32 Å². The van der Waals surface area contributed by atoms with Crippen molar-refractivity contribution in [3.8, 4) is 0 Å². The molecule has 0 spiro atoms. The van der Waals surface area contributed by atoms with E-state index in [2.05, 4.69) is 12.2 Å². The molecule has 4 heteroatoms. The third kappa shape index (κ3) is 3.24. The quantitative estimate of drug-likeness (QED) is 0.866. The Bertz CT molecular complexity index is 388. The molecule has 1 saturated heterocycles. The van der Waals surface area contributed by atoms with E-state index in [1.807, 2.05) is 25.7 Å². The van der Waals surface area contributed by atoms with Crippen LogP contribution in [0.5, 0.6) is 0 Å². The maximum Gasteiger partial charge on any atom is 0.246 e. The van der Waals surface area contributed by atoms with Crippen molar-refractivity contribution in [2.75, 3.05) is 0 Å². The van der Waals surface area contributed by atoms with Gasteiger partial charge in [0.05, 0.1) is 0 Å². The summed E-state index contributed by atoms with van der Waals surface area (Å²) >= 11 is 0. The largest absolute Gasteiger partial charge is 0.342 e. The molecule has 0 aromatic carbocycles. The minimum atomic E-state index is -0.355. The molecule has 120 valence electrons. The zero-order chi connectivity index (χ0) is 15.6. The molecule has 1 saturated carbocycles. The molecule has 4 nitrogen and oxygen atoms in total. The predicted molar refractivity (Wildman–Crippen MR) is 83.7 cm³/mol. The number of rotatable bonds is 4.